The molecule has 84 valence electrons. The molecule has 0 spiro atoms. The first kappa shape index (κ1) is 9.98. The summed E-state index contributed by atoms with van der Waals surface area (Å²) in [5.74, 6) is 0.600. The zero-order chi connectivity index (χ0) is 11.8. The van der Waals surface area contributed by atoms with Crippen LogP contribution >= 0.6 is 11.6 Å². The van der Waals surface area contributed by atoms with E-state index in [1.807, 2.05) is 24.3 Å². The van der Waals surface area contributed by atoms with E-state index in [1.54, 1.807) is 10.7 Å². The summed E-state index contributed by atoms with van der Waals surface area (Å²) < 4.78 is 1.57. The number of aromatic nitrogens is 5. The van der Waals surface area contributed by atoms with Crippen LogP contribution < -0.4 is 5.73 Å². The lowest BCUT2D eigenvalue weighted by Crippen LogP contribution is -2.04. The van der Waals surface area contributed by atoms with Crippen molar-refractivity contribution in [3.05, 3.63) is 35.5 Å². The summed E-state index contributed by atoms with van der Waals surface area (Å²) in [5, 5.41) is 8.30. The number of halogens is 1. The highest BCUT2D eigenvalue weighted by Crippen LogP contribution is 2.17. The Morgan fingerprint density at radius 2 is 2.00 bits per heavy atom. The van der Waals surface area contributed by atoms with Crippen LogP contribution in [0.2, 0.25) is 5.15 Å². The molecule has 0 radical (unpaired) electrons. The molecular weight excluding hydrogens is 240 g/mol. The van der Waals surface area contributed by atoms with E-state index in [9.17, 15) is 0 Å². The zero-order valence-electron chi connectivity index (χ0n) is 8.58. The summed E-state index contributed by atoms with van der Waals surface area (Å²) in [6.07, 6.45) is 0. The number of nitrogens with two attached hydrogens (primary N) is 1. The van der Waals surface area contributed by atoms with Gasteiger partial charge in [0.25, 0.3) is 0 Å². The normalized spacial score (nSPS) is 10.9. The molecule has 0 atom stereocenters. The quantitative estimate of drug-likeness (QED) is 0.657. The second-order valence-electron chi connectivity index (χ2n) is 3.40. The number of nitrogens with zero attached hydrogens (tertiary/aromatic N) is 5. The van der Waals surface area contributed by atoms with E-state index in [4.69, 9.17) is 17.3 Å². The smallest absolute Gasteiger partial charge is 0.223 e. The van der Waals surface area contributed by atoms with Crippen LogP contribution in [0.25, 0.3) is 16.9 Å². The summed E-state index contributed by atoms with van der Waals surface area (Å²) in [6, 6.07) is 9.13. The van der Waals surface area contributed by atoms with Gasteiger partial charge in [-0.05, 0) is 12.1 Å². The van der Waals surface area contributed by atoms with Crippen molar-refractivity contribution in [3.8, 4) is 5.82 Å². The minimum absolute atomic E-state index is 0.104. The van der Waals surface area contributed by atoms with Crippen molar-refractivity contribution in [1.82, 2.24) is 25.0 Å². The van der Waals surface area contributed by atoms with Crippen LogP contribution in [-0.2, 0) is 0 Å². The summed E-state index contributed by atoms with van der Waals surface area (Å²) >= 11 is 5.83. The van der Waals surface area contributed by atoms with Gasteiger partial charge in [0.1, 0.15) is 10.7 Å². The van der Waals surface area contributed by atoms with Crippen molar-refractivity contribution in [3.63, 3.8) is 0 Å². The summed E-state index contributed by atoms with van der Waals surface area (Å²) in [4.78, 5) is 7.86. The molecular formula is C10H7ClN6. The van der Waals surface area contributed by atoms with Crippen molar-refractivity contribution in [2.24, 2.45) is 0 Å². The molecule has 0 bridgehead atoms. The summed E-state index contributed by atoms with van der Waals surface area (Å²) in [5.41, 5.74) is 7.15. The molecule has 6 nitrogen and oxygen atoms in total. The minimum Gasteiger partial charge on any atom is -0.368 e. The first-order valence-corrected chi connectivity index (χ1v) is 5.23. The van der Waals surface area contributed by atoms with Gasteiger partial charge in [0.05, 0.1) is 5.52 Å². The zero-order valence-corrected chi connectivity index (χ0v) is 9.33. The standard InChI is InChI=1S/C10H7ClN6/c11-8-5-9(14-10(12)13-8)17-7-4-2-1-3-6(7)15-16-17/h1-5H,(H2,12,13,14). The SMILES string of the molecule is Nc1nc(Cl)cc(-n2nnc3ccccc32)n1. The maximum Gasteiger partial charge on any atom is 0.223 e. The van der Waals surface area contributed by atoms with E-state index < -0.39 is 0 Å². The van der Waals surface area contributed by atoms with Crippen molar-refractivity contribution >= 4 is 28.6 Å². The Bertz CT molecular complexity index is 672. The van der Waals surface area contributed by atoms with Crippen LogP contribution in [0.15, 0.2) is 30.3 Å². The Hall–Kier alpha value is -2.21. The lowest BCUT2D eigenvalue weighted by Gasteiger charge is -2.02. The van der Waals surface area contributed by atoms with Gasteiger partial charge in [0.15, 0.2) is 5.82 Å². The summed E-state index contributed by atoms with van der Waals surface area (Å²) in [7, 11) is 0. The molecule has 0 fully saturated rings. The van der Waals surface area contributed by atoms with Gasteiger partial charge in [0, 0.05) is 6.07 Å². The molecule has 0 aliphatic carbocycles. The van der Waals surface area contributed by atoms with Crippen LogP contribution in [-0.4, -0.2) is 25.0 Å². The number of nitrogen functional groups attached to an aromatic ring is 1. The molecule has 2 N–H and O–H groups in total. The van der Waals surface area contributed by atoms with Gasteiger partial charge in [-0.15, -0.1) is 5.10 Å². The van der Waals surface area contributed by atoms with Gasteiger partial charge < -0.3 is 5.73 Å². The highest BCUT2D eigenvalue weighted by molar-refractivity contribution is 6.29. The van der Waals surface area contributed by atoms with Crippen molar-refractivity contribution in [2.75, 3.05) is 5.73 Å². The number of benzene rings is 1. The number of anilines is 1. The predicted octanol–water partition coefficient (Wildman–Crippen LogP) is 1.45. The lowest BCUT2D eigenvalue weighted by atomic mass is 10.3. The molecule has 0 aliphatic rings. The Balaban J connectivity index is 2.27. The molecule has 0 saturated heterocycles. The molecule has 0 aliphatic heterocycles. The molecule has 2 heterocycles. The molecule has 0 amide bonds. The third-order valence-corrected chi connectivity index (χ3v) is 2.46. The van der Waals surface area contributed by atoms with Gasteiger partial charge in [0.2, 0.25) is 5.95 Å². The van der Waals surface area contributed by atoms with Crippen molar-refractivity contribution < 1.29 is 0 Å². The average molecular weight is 247 g/mol. The Morgan fingerprint density at radius 1 is 1.18 bits per heavy atom. The predicted molar refractivity (Wildman–Crippen MR) is 63.9 cm³/mol. The highest BCUT2D eigenvalue weighted by Gasteiger charge is 2.08. The van der Waals surface area contributed by atoms with Gasteiger partial charge >= 0.3 is 0 Å². The molecule has 3 aromatic rings. The second kappa shape index (κ2) is 3.67. The average Bonchev–Trinajstić information content (AvgIpc) is 2.71. The molecule has 7 heteroatoms. The van der Waals surface area contributed by atoms with Gasteiger partial charge in [-0.2, -0.15) is 9.67 Å². The van der Waals surface area contributed by atoms with Crippen LogP contribution in [0.4, 0.5) is 5.95 Å². The first-order valence-electron chi connectivity index (χ1n) is 4.85. The molecule has 0 unspecified atom stereocenters. The molecule has 3 rings (SSSR count). The second-order valence-corrected chi connectivity index (χ2v) is 3.78. The van der Waals surface area contributed by atoms with Crippen LogP contribution in [0.3, 0.4) is 0 Å². The number of hydrogen-bond donors (Lipinski definition) is 1. The van der Waals surface area contributed by atoms with E-state index in [0.717, 1.165) is 11.0 Å². The third-order valence-electron chi connectivity index (χ3n) is 2.27. The van der Waals surface area contributed by atoms with E-state index in [-0.39, 0.29) is 11.1 Å². The molecule has 1 aromatic carbocycles. The Labute approximate surface area is 101 Å². The maximum absolute atomic E-state index is 5.83. The highest BCUT2D eigenvalue weighted by atomic mass is 35.5. The van der Waals surface area contributed by atoms with Gasteiger partial charge in [-0.25, -0.2) is 4.98 Å². The van der Waals surface area contributed by atoms with E-state index in [2.05, 4.69) is 20.3 Å². The maximum atomic E-state index is 5.83. The van der Waals surface area contributed by atoms with Gasteiger partial charge in [-0.3, -0.25) is 0 Å². The third kappa shape index (κ3) is 1.68. The van der Waals surface area contributed by atoms with Gasteiger partial charge in [-0.1, -0.05) is 28.9 Å². The monoisotopic (exact) mass is 246 g/mol. The summed E-state index contributed by atoms with van der Waals surface area (Å²) in [6.45, 7) is 0. The Morgan fingerprint density at radius 3 is 2.82 bits per heavy atom. The van der Waals surface area contributed by atoms with E-state index >= 15 is 0 Å². The first-order chi connectivity index (χ1) is 8.24. The van der Waals surface area contributed by atoms with Crippen molar-refractivity contribution in [2.45, 2.75) is 0 Å². The Kier molecular flexibility index (Phi) is 2.15. The number of para-hydroxylation sites is 1. The van der Waals surface area contributed by atoms with Crippen LogP contribution in [0.5, 0.6) is 0 Å². The van der Waals surface area contributed by atoms with E-state index in [1.165, 1.54) is 0 Å². The fourth-order valence-electron chi connectivity index (χ4n) is 1.57. The fraction of sp³-hybridized carbons (Fsp3) is 0. The van der Waals surface area contributed by atoms with Crippen LogP contribution in [0.1, 0.15) is 0 Å². The van der Waals surface area contributed by atoms with E-state index in [0.29, 0.717) is 5.82 Å². The topological polar surface area (TPSA) is 82.5 Å². The largest absolute Gasteiger partial charge is 0.368 e. The fourth-order valence-corrected chi connectivity index (χ4v) is 1.75. The molecule has 17 heavy (non-hydrogen) atoms. The molecule has 2 aromatic heterocycles. The number of hydrogen-bond acceptors (Lipinski definition) is 5. The van der Waals surface area contributed by atoms with Crippen molar-refractivity contribution in [1.29, 1.82) is 0 Å². The minimum atomic E-state index is 0.104. The number of fused-ring (bicyclic) bond motifs is 1. The molecule has 0 saturated carbocycles. The van der Waals surface area contributed by atoms with Crippen LogP contribution in [0, 0.1) is 0 Å². The number of rotatable bonds is 1. The lowest BCUT2D eigenvalue weighted by molar-refractivity contribution is 0.799.